The van der Waals surface area contributed by atoms with E-state index in [9.17, 15) is 23.3 Å². The van der Waals surface area contributed by atoms with Gasteiger partial charge in [0, 0.05) is 30.8 Å². The highest BCUT2D eigenvalue weighted by Gasteiger charge is 2.28. The Morgan fingerprint density at radius 1 is 1.18 bits per heavy atom. The number of nitro groups is 1. The third-order valence-corrected chi connectivity index (χ3v) is 6.34. The van der Waals surface area contributed by atoms with Gasteiger partial charge in [-0.05, 0) is 37.1 Å². The summed E-state index contributed by atoms with van der Waals surface area (Å²) in [5, 5.41) is 13.5. The van der Waals surface area contributed by atoms with Crippen molar-refractivity contribution in [3.8, 4) is 5.75 Å². The zero-order valence-electron chi connectivity index (χ0n) is 15.1. The van der Waals surface area contributed by atoms with Gasteiger partial charge in [0.2, 0.25) is 10.0 Å². The average Bonchev–Trinajstić information content (AvgIpc) is 3.23. The zero-order chi connectivity index (χ0) is 20.3. The molecule has 1 saturated heterocycles. The van der Waals surface area contributed by atoms with Crippen molar-refractivity contribution in [2.75, 3.05) is 25.5 Å². The van der Waals surface area contributed by atoms with Crippen molar-refractivity contribution in [3.05, 3.63) is 58.1 Å². The van der Waals surface area contributed by atoms with Crippen LogP contribution in [0, 0.1) is 10.1 Å². The molecule has 10 heteroatoms. The van der Waals surface area contributed by atoms with E-state index in [1.165, 1.54) is 47.8 Å². The first-order valence-electron chi connectivity index (χ1n) is 8.57. The normalized spacial score (nSPS) is 14.6. The Hall–Kier alpha value is -2.98. The first-order valence-corrected chi connectivity index (χ1v) is 10.0. The molecule has 1 amide bonds. The fourth-order valence-corrected chi connectivity index (χ4v) is 4.52. The summed E-state index contributed by atoms with van der Waals surface area (Å²) in [5.74, 6) is -0.336. The van der Waals surface area contributed by atoms with E-state index in [-0.39, 0.29) is 27.6 Å². The Morgan fingerprint density at radius 3 is 2.54 bits per heavy atom. The predicted molar refractivity (Wildman–Crippen MR) is 102 cm³/mol. The van der Waals surface area contributed by atoms with Crippen LogP contribution in [0.4, 0.5) is 11.4 Å². The van der Waals surface area contributed by atoms with Crippen molar-refractivity contribution in [2.45, 2.75) is 17.7 Å². The maximum atomic E-state index is 12.8. The smallest absolute Gasteiger partial charge is 0.270 e. The molecule has 148 valence electrons. The lowest BCUT2D eigenvalue weighted by Gasteiger charge is -2.17. The molecular weight excluding hydrogens is 386 g/mol. The van der Waals surface area contributed by atoms with Crippen LogP contribution in [-0.2, 0) is 10.0 Å². The third kappa shape index (κ3) is 3.97. The number of amides is 1. The molecule has 28 heavy (non-hydrogen) atoms. The van der Waals surface area contributed by atoms with Gasteiger partial charge in [-0.25, -0.2) is 8.42 Å². The molecule has 0 radical (unpaired) electrons. The predicted octanol–water partition coefficient (Wildman–Crippen LogP) is 2.64. The van der Waals surface area contributed by atoms with Crippen LogP contribution in [0.1, 0.15) is 23.2 Å². The highest BCUT2D eigenvalue weighted by atomic mass is 32.2. The Kier molecular flexibility index (Phi) is 5.61. The van der Waals surface area contributed by atoms with E-state index in [1.807, 2.05) is 0 Å². The van der Waals surface area contributed by atoms with Gasteiger partial charge >= 0.3 is 0 Å². The van der Waals surface area contributed by atoms with Crippen LogP contribution in [0.3, 0.4) is 0 Å². The van der Waals surface area contributed by atoms with Crippen molar-refractivity contribution in [1.82, 2.24) is 4.31 Å². The number of sulfonamides is 1. The topological polar surface area (TPSA) is 119 Å². The van der Waals surface area contributed by atoms with Crippen molar-refractivity contribution >= 4 is 27.3 Å². The van der Waals surface area contributed by atoms with Gasteiger partial charge in [0.05, 0.1) is 22.6 Å². The molecule has 2 aromatic rings. The second kappa shape index (κ2) is 7.95. The standard InChI is InChI=1S/C18H19N3O6S/c1-27-17-8-7-15(28(25,26)20-9-2-3-10-20)12-16(17)19-18(22)13-5-4-6-14(11-13)21(23)24/h4-8,11-12H,2-3,9-10H2,1H3,(H,19,22). The molecule has 0 saturated carbocycles. The lowest BCUT2D eigenvalue weighted by Crippen LogP contribution is -2.28. The number of carbonyl (C=O) groups excluding carboxylic acids is 1. The van der Waals surface area contributed by atoms with E-state index in [0.717, 1.165) is 18.9 Å². The second-order valence-corrected chi connectivity index (χ2v) is 8.17. The highest BCUT2D eigenvalue weighted by molar-refractivity contribution is 7.89. The minimum absolute atomic E-state index is 0.0459. The molecule has 0 aromatic heterocycles. The van der Waals surface area contributed by atoms with Crippen molar-refractivity contribution in [3.63, 3.8) is 0 Å². The third-order valence-electron chi connectivity index (χ3n) is 4.44. The fraction of sp³-hybridized carbons (Fsp3) is 0.278. The number of non-ortho nitro benzene ring substituents is 1. The molecule has 0 bridgehead atoms. The first kappa shape index (κ1) is 19.8. The van der Waals surface area contributed by atoms with Crippen LogP contribution in [0.2, 0.25) is 0 Å². The number of hydrogen-bond acceptors (Lipinski definition) is 6. The number of nitrogens with one attached hydrogen (secondary N) is 1. The van der Waals surface area contributed by atoms with Crippen molar-refractivity contribution in [1.29, 1.82) is 0 Å². The van der Waals surface area contributed by atoms with E-state index in [1.54, 1.807) is 0 Å². The minimum atomic E-state index is -3.67. The molecule has 1 heterocycles. The van der Waals surface area contributed by atoms with E-state index in [0.29, 0.717) is 13.1 Å². The summed E-state index contributed by atoms with van der Waals surface area (Å²) in [6.07, 6.45) is 1.62. The number of carbonyl (C=O) groups is 1. The molecule has 1 fully saturated rings. The second-order valence-electron chi connectivity index (χ2n) is 6.23. The van der Waals surface area contributed by atoms with Crippen LogP contribution >= 0.6 is 0 Å². The van der Waals surface area contributed by atoms with Gasteiger partial charge in [-0.2, -0.15) is 4.31 Å². The molecule has 1 aliphatic rings. The number of rotatable bonds is 6. The van der Waals surface area contributed by atoms with Gasteiger partial charge in [-0.1, -0.05) is 6.07 Å². The molecular formula is C18H19N3O6S. The van der Waals surface area contributed by atoms with Gasteiger partial charge in [-0.3, -0.25) is 14.9 Å². The molecule has 0 aliphatic carbocycles. The summed E-state index contributed by atoms with van der Waals surface area (Å²) >= 11 is 0. The zero-order valence-corrected chi connectivity index (χ0v) is 15.9. The number of hydrogen-bond donors (Lipinski definition) is 1. The molecule has 2 aromatic carbocycles. The maximum absolute atomic E-state index is 12.8. The number of benzene rings is 2. The van der Waals surface area contributed by atoms with Gasteiger partial charge in [0.25, 0.3) is 11.6 Å². The SMILES string of the molecule is COc1ccc(S(=O)(=O)N2CCCC2)cc1NC(=O)c1cccc([N+](=O)[O-])c1. The van der Waals surface area contributed by atoms with E-state index < -0.39 is 20.9 Å². The molecule has 0 spiro atoms. The Bertz CT molecular complexity index is 1020. The largest absolute Gasteiger partial charge is 0.495 e. The maximum Gasteiger partial charge on any atom is 0.270 e. The molecule has 9 nitrogen and oxygen atoms in total. The summed E-state index contributed by atoms with van der Waals surface area (Å²) in [5.41, 5.74) is 0.0216. The van der Waals surface area contributed by atoms with Crippen molar-refractivity contribution < 1.29 is 22.9 Å². The number of nitro benzene ring substituents is 1. The molecule has 3 rings (SSSR count). The van der Waals surface area contributed by atoms with Crippen LogP contribution in [0.25, 0.3) is 0 Å². The Labute approximate surface area is 162 Å². The van der Waals surface area contributed by atoms with Crippen LogP contribution < -0.4 is 10.1 Å². The summed E-state index contributed by atoms with van der Waals surface area (Å²) in [4.78, 5) is 22.9. The average molecular weight is 405 g/mol. The van der Waals surface area contributed by atoms with Crippen LogP contribution in [0.15, 0.2) is 47.4 Å². The van der Waals surface area contributed by atoms with Crippen LogP contribution in [-0.4, -0.2) is 43.8 Å². The molecule has 1 aliphatic heterocycles. The minimum Gasteiger partial charge on any atom is -0.495 e. The summed E-state index contributed by atoms with van der Waals surface area (Å²) in [7, 11) is -2.27. The lowest BCUT2D eigenvalue weighted by atomic mass is 10.2. The fourth-order valence-electron chi connectivity index (χ4n) is 2.98. The first-order chi connectivity index (χ1) is 13.3. The van der Waals surface area contributed by atoms with E-state index in [2.05, 4.69) is 5.32 Å². The number of methoxy groups -OCH3 is 1. The number of nitrogens with zero attached hydrogens (tertiary/aromatic N) is 2. The van der Waals surface area contributed by atoms with Gasteiger partial charge in [0.1, 0.15) is 5.75 Å². The Balaban J connectivity index is 1.91. The van der Waals surface area contributed by atoms with Gasteiger partial charge < -0.3 is 10.1 Å². The quantitative estimate of drug-likeness (QED) is 0.583. The Morgan fingerprint density at radius 2 is 1.89 bits per heavy atom. The van der Waals surface area contributed by atoms with Gasteiger partial charge in [-0.15, -0.1) is 0 Å². The van der Waals surface area contributed by atoms with E-state index >= 15 is 0 Å². The summed E-state index contributed by atoms with van der Waals surface area (Å²) < 4.78 is 32.1. The van der Waals surface area contributed by atoms with Crippen LogP contribution in [0.5, 0.6) is 5.75 Å². The molecule has 0 unspecified atom stereocenters. The molecule has 0 atom stereocenters. The monoisotopic (exact) mass is 405 g/mol. The lowest BCUT2D eigenvalue weighted by molar-refractivity contribution is -0.384. The number of anilines is 1. The highest BCUT2D eigenvalue weighted by Crippen LogP contribution is 2.30. The van der Waals surface area contributed by atoms with Crippen molar-refractivity contribution in [2.24, 2.45) is 0 Å². The summed E-state index contributed by atoms with van der Waals surface area (Å²) in [6.45, 7) is 0.924. The molecule has 1 N–H and O–H groups in total. The van der Waals surface area contributed by atoms with E-state index in [4.69, 9.17) is 4.74 Å². The number of ether oxygens (including phenoxy) is 1. The summed E-state index contributed by atoms with van der Waals surface area (Å²) in [6, 6.07) is 9.48. The van der Waals surface area contributed by atoms with Gasteiger partial charge in [0.15, 0.2) is 0 Å².